The molecule has 2 unspecified atom stereocenters. The molecular formula is C23H22N2O5. The second-order valence-corrected chi connectivity index (χ2v) is 6.29. The van der Waals surface area contributed by atoms with Gasteiger partial charge in [0, 0.05) is 16.7 Å². The lowest BCUT2D eigenvalue weighted by molar-refractivity contribution is -0.133. The summed E-state index contributed by atoms with van der Waals surface area (Å²) in [5, 5.41) is 30.5. The van der Waals surface area contributed by atoms with Crippen molar-refractivity contribution in [1.82, 2.24) is 10.8 Å². The number of hydrogen-bond donors (Lipinski definition) is 5. The van der Waals surface area contributed by atoms with Crippen LogP contribution in [0.15, 0.2) is 72.8 Å². The molecule has 0 aliphatic carbocycles. The first-order valence-electron chi connectivity index (χ1n) is 9.08. The summed E-state index contributed by atoms with van der Waals surface area (Å²) < 4.78 is 0. The van der Waals surface area contributed by atoms with Gasteiger partial charge >= 0.3 is 0 Å². The van der Waals surface area contributed by atoms with Crippen molar-refractivity contribution in [2.24, 2.45) is 0 Å². The van der Waals surface area contributed by atoms with E-state index in [0.29, 0.717) is 11.1 Å². The summed E-state index contributed by atoms with van der Waals surface area (Å²) in [7, 11) is 0. The van der Waals surface area contributed by atoms with E-state index in [1.54, 1.807) is 42.5 Å². The van der Waals surface area contributed by atoms with E-state index >= 15 is 0 Å². The van der Waals surface area contributed by atoms with Gasteiger partial charge in [-0.05, 0) is 43.3 Å². The number of carbonyl (C=O) groups excluding carboxylic acids is 2. The Morgan fingerprint density at radius 3 is 2.30 bits per heavy atom. The Balaban J connectivity index is 1.98. The van der Waals surface area contributed by atoms with Gasteiger partial charge in [0.2, 0.25) is 0 Å². The minimum Gasteiger partial charge on any atom is -0.507 e. The third-order valence-electron chi connectivity index (χ3n) is 4.03. The number of rotatable bonds is 6. The van der Waals surface area contributed by atoms with Gasteiger partial charge in [-0.15, -0.1) is 0 Å². The number of hydrogen-bond acceptors (Lipinski definition) is 5. The van der Waals surface area contributed by atoms with Crippen molar-refractivity contribution in [3.05, 3.63) is 89.5 Å². The summed E-state index contributed by atoms with van der Waals surface area (Å²) in [6, 6.07) is 14.2. The van der Waals surface area contributed by atoms with Crippen molar-refractivity contribution in [1.29, 1.82) is 0 Å². The Kier molecular flexibility index (Phi) is 8.39. The molecular weight excluding hydrogens is 384 g/mol. The fourth-order valence-corrected chi connectivity index (χ4v) is 2.42. The van der Waals surface area contributed by atoms with Gasteiger partial charge in [-0.2, -0.15) is 0 Å². The zero-order valence-electron chi connectivity index (χ0n) is 16.2. The highest BCUT2D eigenvalue weighted by atomic mass is 16.5. The molecule has 0 fully saturated rings. The molecule has 2 amide bonds. The zero-order valence-corrected chi connectivity index (χ0v) is 16.2. The molecule has 0 saturated heterocycles. The van der Waals surface area contributed by atoms with Gasteiger partial charge in [-0.1, -0.05) is 48.2 Å². The molecule has 0 heterocycles. The van der Waals surface area contributed by atoms with Crippen LogP contribution in [0.4, 0.5) is 0 Å². The molecule has 0 spiro atoms. The first-order chi connectivity index (χ1) is 14.4. The predicted octanol–water partition coefficient (Wildman–Crippen LogP) is 2.18. The monoisotopic (exact) mass is 406 g/mol. The van der Waals surface area contributed by atoms with Crippen LogP contribution in [-0.2, 0) is 4.79 Å². The Morgan fingerprint density at radius 1 is 1.03 bits per heavy atom. The van der Waals surface area contributed by atoms with E-state index in [9.17, 15) is 19.8 Å². The van der Waals surface area contributed by atoms with E-state index in [2.05, 4.69) is 17.2 Å². The van der Waals surface area contributed by atoms with Crippen molar-refractivity contribution in [2.45, 2.75) is 19.1 Å². The molecule has 0 saturated carbocycles. The first kappa shape index (κ1) is 22.4. The molecule has 2 atom stereocenters. The van der Waals surface area contributed by atoms with Crippen LogP contribution in [0.3, 0.4) is 0 Å². The lowest BCUT2D eigenvalue weighted by atomic mass is 10.1. The molecule has 0 aromatic heterocycles. The number of allylic oxidation sites excluding steroid dienone is 3. The van der Waals surface area contributed by atoms with Crippen molar-refractivity contribution in [2.75, 3.05) is 0 Å². The van der Waals surface area contributed by atoms with Crippen LogP contribution in [0.2, 0.25) is 0 Å². The number of amides is 2. The van der Waals surface area contributed by atoms with Gasteiger partial charge in [0.15, 0.2) is 0 Å². The van der Waals surface area contributed by atoms with Crippen molar-refractivity contribution in [3.8, 4) is 11.8 Å². The molecule has 5 N–H and O–H groups in total. The third kappa shape index (κ3) is 6.63. The Labute approximate surface area is 174 Å². The molecule has 0 aliphatic heterocycles. The number of hydroxylamine groups is 1. The summed E-state index contributed by atoms with van der Waals surface area (Å²) in [5.74, 6) is 4.36. The third-order valence-corrected chi connectivity index (χ3v) is 4.03. The van der Waals surface area contributed by atoms with E-state index in [1.807, 2.05) is 18.2 Å². The van der Waals surface area contributed by atoms with E-state index in [4.69, 9.17) is 5.21 Å². The van der Waals surface area contributed by atoms with Crippen LogP contribution in [0.1, 0.15) is 28.4 Å². The summed E-state index contributed by atoms with van der Waals surface area (Å²) >= 11 is 0. The molecule has 2 rings (SSSR count). The molecule has 2 aromatic rings. The fraction of sp³-hybridized carbons (Fsp3) is 0.130. The standard InChI is InChI=1S/C23H22N2O5/c1-16(26)21(23(29)25-30)24-22(28)19-14-12-17(13-15-19)8-4-2-7-11-20(27)18-9-5-3-6-10-18/h2-3,5-7,9-16,21,26-27,30H,1H3,(H,24,28)(H,25,29)/b7-2+,20-11-. The number of aliphatic hydroxyl groups excluding tert-OH is 2. The molecule has 0 aliphatic rings. The maximum absolute atomic E-state index is 12.2. The molecule has 0 radical (unpaired) electrons. The van der Waals surface area contributed by atoms with Gasteiger partial charge in [0.25, 0.3) is 11.8 Å². The highest BCUT2D eigenvalue weighted by Crippen LogP contribution is 2.10. The van der Waals surface area contributed by atoms with E-state index < -0.39 is 24.0 Å². The quantitative estimate of drug-likeness (QED) is 0.166. The SMILES string of the molecule is CC(O)C(NC(=O)c1ccc(C#C/C=C/C=C(\O)c2ccccc2)cc1)C(=O)NO. The Morgan fingerprint density at radius 2 is 1.70 bits per heavy atom. The Hall–Kier alpha value is -3.86. The largest absolute Gasteiger partial charge is 0.507 e. The average molecular weight is 406 g/mol. The van der Waals surface area contributed by atoms with Crippen LogP contribution < -0.4 is 10.8 Å². The van der Waals surface area contributed by atoms with Crippen LogP contribution >= 0.6 is 0 Å². The first-order valence-corrected chi connectivity index (χ1v) is 9.08. The van der Waals surface area contributed by atoms with E-state index in [1.165, 1.54) is 24.5 Å². The number of benzene rings is 2. The summed E-state index contributed by atoms with van der Waals surface area (Å²) in [5.41, 5.74) is 3.04. The average Bonchev–Trinajstić information content (AvgIpc) is 2.77. The van der Waals surface area contributed by atoms with Gasteiger partial charge in [0.1, 0.15) is 11.8 Å². The van der Waals surface area contributed by atoms with Gasteiger partial charge in [-0.25, -0.2) is 5.48 Å². The van der Waals surface area contributed by atoms with Crippen LogP contribution in [-0.4, -0.2) is 39.4 Å². The van der Waals surface area contributed by atoms with Crippen LogP contribution in [0.25, 0.3) is 5.76 Å². The predicted molar refractivity (Wildman–Crippen MR) is 112 cm³/mol. The molecule has 7 nitrogen and oxygen atoms in total. The van der Waals surface area contributed by atoms with Gasteiger partial charge < -0.3 is 15.5 Å². The summed E-state index contributed by atoms with van der Waals surface area (Å²) in [6.45, 7) is 1.32. The minimum atomic E-state index is -1.28. The van der Waals surface area contributed by atoms with Crippen molar-refractivity contribution >= 4 is 17.6 Å². The maximum atomic E-state index is 12.2. The molecule has 7 heteroatoms. The minimum absolute atomic E-state index is 0.134. The summed E-state index contributed by atoms with van der Waals surface area (Å²) in [6.07, 6.45) is 3.56. The van der Waals surface area contributed by atoms with Crippen molar-refractivity contribution in [3.63, 3.8) is 0 Å². The second-order valence-electron chi connectivity index (χ2n) is 6.29. The Bertz CT molecular complexity index is 984. The molecule has 0 bridgehead atoms. The molecule has 30 heavy (non-hydrogen) atoms. The fourth-order valence-electron chi connectivity index (χ4n) is 2.42. The normalized spacial score (nSPS) is 13.1. The summed E-state index contributed by atoms with van der Waals surface area (Å²) in [4.78, 5) is 23.7. The lowest BCUT2D eigenvalue weighted by Gasteiger charge is -2.19. The highest BCUT2D eigenvalue weighted by molar-refractivity contribution is 5.97. The second kappa shape index (κ2) is 11.2. The van der Waals surface area contributed by atoms with Crippen molar-refractivity contribution < 1.29 is 25.0 Å². The number of carbonyl (C=O) groups is 2. The highest BCUT2D eigenvalue weighted by Gasteiger charge is 2.25. The maximum Gasteiger partial charge on any atom is 0.268 e. The zero-order chi connectivity index (χ0) is 21.9. The number of nitrogens with one attached hydrogen (secondary N) is 2. The molecule has 154 valence electrons. The lowest BCUT2D eigenvalue weighted by Crippen LogP contribution is -2.51. The van der Waals surface area contributed by atoms with E-state index in [-0.39, 0.29) is 11.3 Å². The molecule has 2 aromatic carbocycles. The topological polar surface area (TPSA) is 119 Å². The van der Waals surface area contributed by atoms with Crippen LogP contribution in [0, 0.1) is 11.8 Å². The number of aliphatic hydroxyl groups is 2. The van der Waals surface area contributed by atoms with Crippen LogP contribution in [0.5, 0.6) is 0 Å². The van der Waals surface area contributed by atoms with Gasteiger partial charge in [-0.3, -0.25) is 14.8 Å². The van der Waals surface area contributed by atoms with Gasteiger partial charge in [0.05, 0.1) is 6.10 Å². The van der Waals surface area contributed by atoms with E-state index in [0.717, 1.165) is 0 Å². The smallest absolute Gasteiger partial charge is 0.268 e.